The molecule has 5 nitrogen and oxygen atoms in total. The van der Waals surface area contributed by atoms with Crippen LogP contribution in [0.4, 0.5) is 0 Å². The third-order valence-electron chi connectivity index (χ3n) is 1.99. The molecule has 1 rings (SSSR count). The Hall–Kier alpha value is -2.32. The lowest BCUT2D eigenvalue weighted by molar-refractivity contribution is 0.0695. The molecule has 3 N–H and O–H groups in total. The summed E-state index contributed by atoms with van der Waals surface area (Å²) in [5, 5.41) is 20.5. The number of hydrogen-bond acceptors (Lipinski definition) is 3. The molecule has 0 atom stereocenters. The molecule has 1 aromatic rings. The van der Waals surface area contributed by atoms with Gasteiger partial charge < -0.3 is 15.5 Å². The minimum absolute atomic E-state index is 0.0680. The highest BCUT2D eigenvalue weighted by molar-refractivity contribution is 5.95. The van der Waals surface area contributed by atoms with E-state index in [1.807, 2.05) is 0 Å². The number of carboxylic acids is 2. The van der Waals surface area contributed by atoms with Gasteiger partial charge in [0.05, 0.1) is 17.7 Å². The van der Waals surface area contributed by atoms with E-state index in [0.29, 0.717) is 12.1 Å². The van der Waals surface area contributed by atoms with E-state index in [4.69, 9.17) is 10.2 Å². The molecular weight excluding hydrogens is 222 g/mol. The van der Waals surface area contributed by atoms with Crippen molar-refractivity contribution in [2.75, 3.05) is 13.6 Å². The number of hydrogen-bond donors (Lipinski definition) is 3. The van der Waals surface area contributed by atoms with Gasteiger partial charge in [-0.05, 0) is 25.2 Å². The lowest BCUT2D eigenvalue weighted by Crippen LogP contribution is -2.06. The van der Waals surface area contributed by atoms with Crippen LogP contribution in [0, 0.1) is 11.8 Å². The zero-order chi connectivity index (χ0) is 12.8. The molecule has 0 heterocycles. The van der Waals surface area contributed by atoms with Crippen molar-refractivity contribution in [2.24, 2.45) is 0 Å². The van der Waals surface area contributed by atoms with Crippen molar-refractivity contribution in [1.29, 1.82) is 0 Å². The standard InChI is InChI=1S/C12H11NO4/c1-13-6-2-3-8-4-5-9(11(14)15)7-10(8)12(16)17/h4-5,7,13H,6H2,1H3,(H,14,15)(H,16,17). The molecule has 0 aromatic heterocycles. The summed E-state index contributed by atoms with van der Waals surface area (Å²) in [6, 6.07) is 3.84. The van der Waals surface area contributed by atoms with Gasteiger partial charge in [-0.2, -0.15) is 0 Å². The Morgan fingerprint density at radius 1 is 1.29 bits per heavy atom. The fourth-order valence-electron chi connectivity index (χ4n) is 1.19. The van der Waals surface area contributed by atoms with E-state index in [1.165, 1.54) is 12.1 Å². The Morgan fingerprint density at radius 2 is 2.00 bits per heavy atom. The van der Waals surface area contributed by atoms with Crippen LogP contribution < -0.4 is 5.32 Å². The number of carboxylic acid groups (broad SMARTS) is 2. The van der Waals surface area contributed by atoms with Crippen molar-refractivity contribution < 1.29 is 19.8 Å². The third-order valence-corrected chi connectivity index (χ3v) is 1.99. The maximum absolute atomic E-state index is 11.0. The third kappa shape index (κ3) is 3.33. The maximum Gasteiger partial charge on any atom is 0.336 e. The van der Waals surface area contributed by atoms with Crippen molar-refractivity contribution in [3.05, 3.63) is 34.9 Å². The molecule has 0 spiro atoms. The van der Waals surface area contributed by atoms with E-state index in [9.17, 15) is 9.59 Å². The Morgan fingerprint density at radius 3 is 2.53 bits per heavy atom. The van der Waals surface area contributed by atoms with Crippen molar-refractivity contribution in [2.45, 2.75) is 0 Å². The van der Waals surface area contributed by atoms with E-state index in [0.717, 1.165) is 6.07 Å². The zero-order valence-electron chi connectivity index (χ0n) is 9.15. The van der Waals surface area contributed by atoms with Crippen LogP contribution >= 0.6 is 0 Å². The number of nitrogens with one attached hydrogen (secondary N) is 1. The number of aromatic carboxylic acids is 2. The Labute approximate surface area is 98.1 Å². The largest absolute Gasteiger partial charge is 0.478 e. The topological polar surface area (TPSA) is 86.6 Å². The Balaban J connectivity index is 3.19. The lowest BCUT2D eigenvalue weighted by atomic mass is 10.0. The Kier molecular flexibility index (Phi) is 4.26. The summed E-state index contributed by atoms with van der Waals surface area (Å²) >= 11 is 0. The summed E-state index contributed by atoms with van der Waals surface area (Å²) in [4.78, 5) is 21.7. The smallest absolute Gasteiger partial charge is 0.336 e. The molecule has 5 heteroatoms. The summed E-state index contributed by atoms with van der Waals surface area (Å²) < 4.78 is 0. The van der Waals surface area contributed by atoms with Gasteiger partial charge in [-0.1, -0.05) is 11.8 Å². The van der Waals surface area contributed by atoms with Gasteiger partial charge in [-0.15, -0.1) is 0 Å². The van der Waals surface area contributed by atoms with E-state index in [-0.39, 0.29) is 11.1 Å². The van der Waals surface area contributed by atoms with Crippen molar-refractivity contribution in [3.63, 3.8) is 0 Å². The molecule has 0 saturated carbocycles. The molecule has 0 fully saturated rings. The number of rotatable bonds is 3. The SMILES string of the molecule is CNCC#Cc1ccc(C(=O)O)cc1C(=O)O. The quantitative estimate of drug-likeness (QED) is 0.667. The molecule has 17 heavy (non-hydrogen) atoms. The van der Waals surface area contributed by atoms with Crippen LogP contribution in [-0.4, -0.2) is 35.7 Å². The number of benzene rings is 1. The molecule has 0 aliphatic carbocycles. The highest BCUT2D eigenvalue weighted by atomic mass is 16.4. The van der Waals surface area contributed by atoms with Crippen LogP contribution in [0.15, 0.2) is 18.2 Å². The first kappa shape index (κ1) is 12.7. The second-order valence-electron chi connectivity index (χ2n) is 3.20. The molecule has 0 amide bonds. The number of carbonyl (C=O) groups is 2. The normalized spacial score (nSPS) is 9.24. The molecule has 1 aromatic carbocycles. The van der Waals surface area contributed by atoms with Gasteiger partial charge in [0.1, 0.15) is 0 Å². The van der Waals surface area contributed by atoms with Crippen LogP contribution in [0.3, 0.4) is 0 Å². The second kappa shape index (κ2) is 5.68. The second-order valence-corrected chi connectivity index (χ2v) is 3.20. The van der Waals surface area contributed by atoms with Crippen LogP contribution in [0.2, 0.25) is 0 Å². The summed E-state index contributed by atoms with van der Waals surface area (Å²) in [5.74, 6) is 3.04. The molecule has 0 radical (unpaired) electrons. The van der Waals surface area contributed by atoms with Gasteiger partial charge in [0.25, 0.3) is 0 Å². The molecule has 0 aliphatic rings. The fraction of sp³-hybridized carbons (Fsp3) is 0.167. The minimum Gasteiger partial charge on any atom is -0.478 e. The Bertz CT molecular complexity index is 511. The van der Waals surface area contributed by atoms with Crippen molar-refractivity contribution in [1.82, 2.24) is 5.32 Å². The summed E-state index contributed by atoms with van der Waals surface area (Å²) in [6.45, 7) is 0.430. The molecular formula is C12H11NO4. The average Bonchev–Trinajstić information content (AvgIpc) is 2.29. The first-order chi connectivity index (χ1) is 8.06. The maximum atomic E-state index is 11.0. The van der Waals surface area contributed by atoms with Crippen molar-refractivity contribution in [3.8, 4) is 11.8 Å². The van der Waals surface area contributed by atoms with E-state index in [2.05, 4.69) is 17.2 Å². The zero-order valence-corrected chi connectivity index (χ0v) is 9.15. The summed E-state index contributed by atoms with van der Waals surface area (Å²) in [7, 11) is 1.72. The molecule has 88 valence electrons. The van der Waals surface area contributed by atoms with Gasteiger partial charge in [0, 0.05) is 5.56 Å². The van der Waals surface area contributed by atoms with Crippen LogP contribution in [0.25, 0.3) is 0 Å². The molecule has 0 unspecified atom stereocenters. The highest BCUT2D eigenvalue weighted by Crippen LogP contribution is 2.11. The van der Waals surface area contributed by atoms with E-state index in [1.54, 1.807) is 7.05 Å². The first-order valence-corrected chi connectivity index (χ1v) is 4.80. The van der Waals surface area contributed by atoms with E-state index >= 15 is 0 Å². The van der Waals surface area contributed by atoms with Gasteiger partial charge >= 0.3 is 11.9 Å². The van der Waals surface area contributed by atoms with Gasteiger partial charge in [-0.25, -0.2) is 9.59 Å². The predicted octanol–water partition coefficient (Wildman–Crippen LogP) is 0.654. The van der Waals surface area contributed by atoms with Gasteiger partial charge in [0.2, 0.25) is 0 Å². The first-order valence-electron chi connectivity index (χ1n) is 4.80. The van der Waals surface area contributed by atoms with Crippen LogP contribution in [0.1, 0.15) is 26.3 Å². The highest BCUT2D eigenvalue weighted by Gasteiger charge is 2.12. The van der Waals surface area contributed by atoms with Crippen LogP contribution in [0.5, 0.6) is 0 Å². The fourth-order valence-corrected chi connectivity index (χ4v) is 1.19. The summed E-state index contributed by atoms with van der Waals surface area (Å²) in [5.41, 5.74) is 0.132. The molecule has 0 bridgehead atoms. The average molecular weight is 233 g/mol. The minimum atomic E-state index is -1.19. The monoisotopic (exact) mass is 233 g/mol. The molecule has 0 aliphatic heterocycles. The van der Waals surface area contributed by atoms with Crippen LogP contribution in [-0.2, 0) is 0 Å². The predicted molar refractivity (Wildman–Crippen MR) is 61.2 cm³/mol. The van der Waals surface area contributed by atoms with Gasteiger partial charge in [-0.3, -0.25) is 0 Å². The van der Waals surface area contributed by atoms with Crippen molar-refractivity contribution >= 4 is 11.9 Å². The lowest BCUT2D eigenvalue weighted by Gasteiger charge is -2.01. The van der Waals surface area contributed by atoms with E-state index < -0.39 is 11.9 Å². The molecule has 0 saturated heterocycles. The van der Waals surface area contributed by atoms with Gasteiger partial charge in [0.15, 0.2) is 0 Å². The summed E-state index contributed by atoms with van der Waals surface area (Å²) in [6.07, 6.45) is 0.